The molecule has 0 aliphatic carbocycles. The molecule has 1 aliphatic rings. The second-order valence-electron chi connectivity index (χ2n) is 5.45. The SMILES string of the molecule is c1ccc2sc(NCc3ccnc(OC4CCOC4)c3)nc2c1. The van der Waals surface area contributed by atoms with Gasteiger partial charge < -0.3 is 14.8 Å². The van der Waals surface area contributed by atoms with Gasteiger partial charge in [-0.25, -0.2) is 9.97 Å². The Hall–Kier alpha value is -2.18. The number of nitrogens with zero attached hydrogens (tertiary/aromatic N) is 2. The van der Waals surface area contributed by atoms with Crippen molar-refractivity contribution in [3.8, 4) is 5.88 Å². The lowest BCUT2D eigenvalue weighted by atomic mass is 10.2. The first-order valence-corrected chi connectivity index (χ1v) is 8.47. The number of hydrogen-bond acceptors (Lipinski definition) is 6. The molecule has 1 unspecified atom stereocenters. The molecule has 3 heterocycles. The molecule has 0 spiro atoms. The summed E-state index contributed by atoms with van der Waals surface area (Å²) in [5, 5.41) is 4.30. The number of hydrogen-bond donors (Lipinski definition) is 1. The van der Waals surface area contributed by atoms with Crippen LogP contribution in [0.25, 0.3) is 10.2 Å². The van der Waals surface area contributed by atoms with Crippen LogP contribution in [0.1, 0.15) is 12.0 Å². The highest BCUT2D eigenvalue weighted by atomic mass is 32.1. The number of anilines is 1. The van der Waals surface area contributed by atoms with Crippen LogP contribution in [0, 0.1) is 0 Å². The van der Waals surface area contributed by atoms with Crippen molar-refractivity contribution in [1.82, 2.24) is 9.97 Å². The van der Waals surface area contributed by atoms with Gasteiger partial charge in [0.05, 0.1) is 23.4 Å². The molecule has 1 fully saturated rings. The highest BCUT2D eigenvalue weighted by Crippen LogP contribution is 2.26. The lowest BCUT2D eigenvalue weighted by Gasteiger charge is -2.11. The number of aromatic nitrogens is 2. The Balaban J connectivity index is 1.41. The number of thiazole rings is 1. The van der Waals surface area contributed by atoms with Gasteiger partial charge in [0.15, 0.2) is 5.13 Å². The largest absolute Gasteiger partial charge is 0.472 e. The molecule has 118 valence electrons. The summed E-state index contributed by atoms with van der Waals surface area (Å²) < 4.78 is 12.4. The minimum Gasteiger partial charge on any atom is -0.472 e. The van der Waals surface area contributed by atoms with E-state index in [1.54, 1.807) is 17.5 Å². The van der Waals surface area contributed by atoms with E-state index in [2.05, 4.69) is 21.4 Å². The molecule has 1 aliphatic heterocycles. The van der Waals surface area contributed by atoms with Crippen molar-refractivity contribution in [3.05, 3.63) is 48.2 Å². The van der Waals surface area contributed by atoms with E-state index in [4.69, 9.17) is 9.47 Å². The number of ether oxygens (including phenoxy) is 2. The molecule has 5 nitrogen and oxygen atoms in total. The van der Waals surface area contributed by atoms with Crippen LogP contribution in [0.3, 0.4) is 0 Å². The van der Waals surface area contributed by atoms with E-state index in [0.29, 0.717) is 19.0 Å². The summed E-state index contributed by atoms with van der Waals surface area (Å²) >= 11 is 1.66. The summed E-state index contributed by atoms with van der Waals surface area (Å²) in [6.45, 7) is 2.11. The van der Waals surface area contributed by atoms with Gasteiger partial charge in [0, 0.05) is 25.2 Å². The molecule has 1 N–H and O–H groups in total. The van der Waals surface area contributed by atoms with Crippen molar-refractivity contribution in [2.75, 3.05) is 18.5 Å². The fourth-order valence-corrected chi connectivity index (χ4v) is 3.39. The van der Waals surface area contributed by atoms with Crippen LogP contribution in [-0.4, -0.2) is 29.3 Å². The first-order chi connectivity index (χ1) is 11.4. The predicted molar refractivity (Wildman–Crippen MR) is 91.0 cm³/mol. The Bertz CT molecular complexity index is 766. The molecule has 23 heavy (non-hydrogen) atoms. The number of rotatable bonds is 5. The highest BCUT2D eigenvalue weighted by Gasteiger charge is 2.17. The van der Waals surface area contributed by atoms with E-state index < -0.39 is 0 Å². The standard InChI is InChI=1S/C17H17N3O2S/c1-2-4-15-14(3-1)20-17(23-15)19-10-12-5-7-18-16(9-12)22-13-6-8-21-11-13/h1-5,7,9,13H,6,8,10-11H2,(H,19,20). The van der Waals surface area contributed by atoms with E-state index in [0.717, 1.165) is 29.2 Å². The first-order valence-electron chi connectivity index (χ1n) is 7.65. The van der Waals surface area contributed by atoms with E-state index in [1.807, 2.05) is 30.3 Å². The molecule has 0 bridgehead atoms. The lowest BCUT2D eigenvalue weighted by molar-refractivity contribution is 0.138. The van der Waals surface area contributed by atoms with Gasteiger partial charge in [0.1, 0.15) is 6.10 Å². The number of pyridine rings is 1. The van der Waals surface area contributed by atoms with Crippen LogP contribution in [0.5, 0.6) is 5.88 Å². The summed E-state index contributed by atoms with van der Waals surface area (Å²) in [5.41, 5.74) is 2.15. The van der Waals surface area contributed by atoms with Crippen LogP contribution in [-0.2, 0) is 11.3 Å². The van der Waals surface area contributed by atoms with Crippen molar-refractivity contribution < 1.29 is 9.47 Å². The fourth-order valence-electron chi connectivity index (χ4n) is 2.53. The summed E-state index contributed by atoms with van der Waals surface area (Å²) in [7, 11) is 0. The summed E-state index contributed by atoms with van der Waals surface area (Å²) in [6, 6.07) is 12.1. The van der Waals surface area contributed by atoms with Gasteiger partial charge in [-0.05, 0) is 23.8 Å². The summed E-state index contributed by atoms with van der Waals surface area (Å²) in [5.74, 6) is 0.657. The van der Waals surface area contributed by atoms with E-state index in [-0.39, 0.29) is 6.10 Å². The zero-order valence-electron chi connectivity index (χ0n) is 12.6. The molecule has 1 saturated heterocycles. The van der Waals surface area contributed by atoms with Crippen LogP contribution in [0.15, 0.2) is 42.6 Å². The average molecular weight is 327 g/mol. The first kappa shape index (κ1) is 14.4. The van der Waals surface area contributed by atoms with Crippen molar-refractivity contribution in [2.45, 2.75) is 19.1 Å². The molecule has 1 aromatic carbocycles. The van der Waals surface area contributed by atoms with Crippen LogP contribution >= 0.6 is 11.3 Å². The van der Waals surface area contributed by atoms with Gasteiger partial charge in [-0.2, -0.15) is 0 Å². The zero-order valence-corrected chi connectivity index (χ0v) is 13.4. The Morgan fingerprint density at radius 1 is 1.30 bits per heavy atom. The average Bonchev–Trinajstić information content (AvgIpc) is 3.22. The maximum Gasteiger partial charge on any atom is 0.213 e. The van der Waals surface area contributed by atoms with Crippen molar-refractivity contribution >= 4 is 26.7 Å². The summed E-state index contributed by atoms with van der Waals surface area (Å²) in [4.78, 5) is 8.85. The maximum atomic E-state index is 5.84. The second-order valence-corrected chi connectivity index (χ2v) is 6.48. The quantitative estimate of drug-likeness (QED) is 0.777. The van der Waals surface area contributed by atoms with Gasteiger partial charge in [-0.15, -0.1) is 0 Å². The van der Waals surface area contributed by atoms with Gasteiger partial charge in [-0.1, -0.05) is 23.5 Å². The minimum absolute atomic E-state index is 0.120. The third-order valence-electron chi connectivity index (χ3n) is 3.71. The van der Waals surface area contributed by atoms with Crippen LogP contribution in [0.4, 0.5) is 5.13 Å². The smallest absolute Gasteiger partial charge is 0.213 e. The Morgan fingerprint density at radius 2 is 2.26 bits per heavy atom. The van der Waals surface area contributed by atoms with Crippen LogP contribution < -0.4 is 10.1 Å². The van der Waals surface area contributed by atoms with E-state index >= 15 is 0 Å². The number of para-hydroxylation sites is 1. The Morgan fingerprint density at radius 3 is 3.13 bits per heavy atom. The molecule has 4 rings (SSSR count). The van der Waals surface area contributed by atoms with Crippen molar-refractivity contribution in [3.63, 3.8) is 0 Å². The molecular formula is C17H17N3O2S. The summed E-state index contributed by atoms with van der Waals surface area (Å²) in [6.07, 6.45) is 2.83. The molecule has 0 saturated carbocycles. The van der Waals surface area contributed by atoms with Gasteiger partial charge >= 0.3 is 0 Å². The Labute approximate surface area is 138 Å². The normalized spacial score (nSPS) is 17.5. The van der Waals surface area contributed by atoms with Crippen molar-refractivity contribution in [2.24, 2.45) is 0 Å². The second kappa shape index (κ2) is 6.52. The zero-order chi connectivity index (χ0) is 15.5. The monoisotopic (exact) mass is 327 g/mol. The third kappa shape index (κ3) is 3.43. The molecule has 1 atom stereocenters. The highest BCUT2D eigenvalue weighted by molar-refractivity contribution is 7.22. The Kier molecular flexibility index (Phi) is 4.08. The maximum absolute atomic E-state index is 5.84. The van der Waals surface area contributed by atoms with Gasteiger partial charge in [0.2, 0.25) is 5.88 Å². The fraction of sp³-hybridized carbons (Fsp3) is 0.294. The van der Waals surface area contributed by atoms with Crippen LogP contribution in [0.2, 0.25) is 0 Å². The van der Waals surface area contributed by atoms with Gasteiger partial charge in [-0.3, -0.25) is 0 Å². The third-order valence-corrected chi connectivity index (χ3v) is 4.71. The molecule has 3 aromatic rings. The van der Waals surface area contributed by atoms with E-state index in [1.165, 1.54) is 4.70 Å². The molecular weight excluding hydrogens is 310 g/mol. The van der Waals surface area contributed by atoms with Crippen molar-refractivity contribution in [1.29, 1.82) is 0 Å². The van der Waals surface area contributed by atoms with E-state index in [9.17, 15) is 0 Å². The molecule has 0 radical (unpaired) electrons. The molecule has 6 heteroatoms. The predicted octanol–water partition coefficient (Wildman–Crippen LogP) is 3.47. The number of fused-ring (bicyclic) bond motifs is 1. The number of nitrogens with one attached hydrogen (secondary N) is 1. The minimum atomic E-state index is 0.120. The number of benzene rings is 1. The molecule has 0 amide bonds. The lowest BCUT2D eigenvalue weighted by Crippen LogP contribution is -2.16. The molecule has 2 aromatic heterocycles. The topological polar surface area (TPSA) is 56.3 Å². The van der Waals surface area contributed by atoms with Gasteiger partial charge in [0.25, 0.3) is 0 Å².